The third-order valence-corrected chi connectivity index (χ3v) is 4.46. The van der Waals surface area contributed by atoms with Crippen molar-refractivity contribution in [2.45, 2.75) is 12.8 Å². The maximum Gasteiger partial charge on any atom is 0.230 e. The fourth-order valence-corrected chi connectivity index (χ4v) is 2.94. The summed E-state index contributed by atoms with van der Waals surface area (Å²) in [6.45, 7) is 0. The molecule has 2 aromatic carbocycles. The second-order valence-electron chi connectivity index (χ2n) is 6.40. The lowest BCUT2D eigenvalue weighted by Crippen LogP contribution is -2.13. The highest BCUT2D eigenvalue weighted by Crippen LogP contribution is 2.25. The first-order valence-corrected chi connectivity index (χ1v) is 8.58. The number of hydrogen-bond acceptors (Lipinski definition) is 2. The van der Waals surface area contributed by atoms with Gasteiger partial charge in [0.15, 0.2) is 0 Å². The van der Waals surface area contributed by atoms with Crippen LogP contribution in [0.4, 0.5) is 0 Å². The maximum atomic E-state index is 11.2. The fraction of sp³-hybridized carbons (Fsp3) is 0.182. The van der Waals surface area contributed by atoms with Crippen LogP contribution in [0.1, 0.15) is 24.0 Å². The quantitative estimate of drug-likeness (QED) is 0.830. The minimum atomic E-state index is 0.166. The second-order valence-corrected chi connectivity index (χ2v) is 6.40. The van der Waals surface area contributed by atoms with Gasteiger partial charge in [0.25, 0.3) is 0 Å². The number of nitrogens with zero attached hydrogens (tertiary/aromatic N) is 2. The van der Waals surface area contributed by atoms with Gasteiger partial charge in [-0.1, -0.05) is 60.7 Å². The molecule has 0 unspecified atom stereocenters. The number of hydrogen-bond donors (Lipinski definition) is 0. The lowest BCUT2D eigenvalue weighted by atomic mass is 10.1. The predicted molar refractivity (Wildman–Crippen MR) is 104 cm³/mol. The molecule has 0 bridgehead atoms. The molecular weight excluding hydrogens is 324 g/mol. The summed E-state index contributed by atoms with van der Waals surface area (Å²) in [7, 11) is 3.58. The van der Waals surface area contributed by atoms with Gasteiger partial charge in [0.1, 0.15) is 0 Å². The van der Waals surface area contributed by atoms with Crippen LogP contribution in [0.5, 0.6) is 0 Å². The van der Waals surface area contributed by atoms with E-state index in [9.17, 15) is 9.59 Å². The SMILES string of the molecule is CN1C=C(c2ccccc2)CC1=O.CN1C=C(c2ccccc2)CC1=O. The van der Waals surface area contributed by atoms with Gasteiger partial charge in [-0.15, -0.1) is 0 Å². The molecule has 2 aliphatic heterocycles. The molecular formula is C22H22N2O2. The summed E-state index contributed by atoms with van der Waals surface area (Å²) in [5.74, 6) is 0.331. The normalized spacial score (nSPS) is 16.2. The van der Waals surface area contributed by atoms with E-state index >= 15 is 0 Å². The topological polar surface area (TPSA) is 40.6 Å². The van der Waals surface area contributed by atoms with Crippen LogP contribution < -0.4 is 0 Å². The van der Waals surface area contributed by atoms with E-state index in [1.807, 2.05) is 73.1 Å². The molecule has 4 heteroatoms. The van der Waals surface area contributed by atoms with Crippen molar-refractivity contribution in [3.05, 3.63) is 84.2 Å². The smallest absolute Gasteiger partial charge is 0.230 e. The van der Waals surface area contributed by atoms with Crippen LogP contribution in [0.25, 0.3) is 11.1 Å². The summed E-state index contributed by atoms with van der Waals surface area (Å²) in [6, 6.07) is 20.0. The molecule has 0 fully saturated rings. The summed E-state index contributed by atoms with van der Waals surface area (Å²) in [4.78, 5) is 25.7. The van der Waals surface area contributed by atoms with Crippen LogP contribution in [0.2, 0.25) is 0 Å². The van der Waals surface area contributed by atoms with Gasteiger partial charge < -0.3 is 9.80 Å². The van der Waals surface area contributed by atoms with Crippen LogP contribution >= 0.6 is 0 Å². The Bertz CT molecular complexity index is 781. The third-order valence-electron chi connectivity index (χ3n) is 4.46. The van der Waals surface area contributed by atoms with E-state index in [-0.39, 0.29) is 11.8 Å². The van der Waals surface area contributed by atoms with E-state index in [0.29, 0.717) is 12.8 Å². The standard InChI is InChI=1S/2C11H11NO/c2*1-12-8-10(7-11(12)13)9-5-3-2-4-6-9/h2*2-6,8H,7H2,1H3. The molecule has 0 spiro atoms. The number of benzene rings is 2. The van der Waals surface area contributed by atoms with Crippen molar-refractivity contribution in [2.75, 3.05) is 14.1 Å². The molecule has 0 saturated heterocycles. The largest absolute Gasteiger partial charge is 0.322 e. The van der Waals surface area contributed by atoms with Crippen LogP contribution in [0.15, 0.2) is 73.1 Å². The first kappa shape index (κ1) is 17.7. The van der Waals surface area contributed by atoms with Gasteiger partial charge in [0, 0.05) is 26.5 Å². The van der Waals surface area contributed by atoms with E-state index < -0.39 is 0 Å². The van der Waals surface area contributed by atoms with Crippen LogP contribution in [0, 0.1) is 0 Å². The second kappa shape index (κ2) is 7.83. The lowest BCUT2D eigenvalue weighted by molar-refractivity contribution is -0.126. The molecule has 26 heavy (non-hydrogen) atoms. The molecule has 2 aromatic rings. The Morgan fingerprint density at radius 1 is 0.615 bits per heavy atom. The summed E-state index contributed by atoms with van der Waals surface area (Å²) >= 11 is 0. The number of rotatable bonds is 2. The molecule has 0 aliphatic carbocycles. The summed E-state index contributed by atoms with van der Waals surface area (Å²) < 4.78 is 0. The molecule has 2 aliphatic rings. The molecule has 0 N–H and O–H groups in total. The molecule has 132 valence electrons. The van der Waals surface area contributed by atoms with Crippen molar-refractivity contribution in [2.24, 2.45) is 0 Å². The van der Waals surface area contributed by atoms with Gasteiger partial charge in [-0.2, -0.15) is 0 Å². The zero-order valence-corrected chi connectivity index (χ0v) is 15.1. The average molecular weight is 346 g/mol. The van der Waals surface area contributed by atoms with Crippen molar-refractivity contribution in [1.82, 2.24) is 9.80 Å². The first-order chi connectivity index (χ1) is 12.5. The van der Waals surface area contributed by atoms with Gasteiger partial charge in [-0.05, 0) is 22.3 Å². The number of carbonyl (C=O) groups is 2. The molecule has 0 atom stereocenters. The monoisotopic (exact) mass is 346 g/mol. The summed E-state index contributed by atoms with van der Waals surface area (Å²) in [5, 5.41) is 0. The fourth-order valence-electron chi connectivity index (χ4n) is 2.94. The highest BCUT2D eigenvalue weighted by atomic mass is 16.2. The molecule has 2 amide bonds. The highest BCUT2D eigenvalue weighted by molar-refractivity contribution is 5.95. The number of carbonyl (C=O) groups excluding carboxylic acids is 2. The van der Waals surface area contributed by atoms with E-state index in [0.717, 1.165) is 22.3 Å². The predicted octanol–water partition coefficient (Wildman–Crippen LogP) is 3.78. The van der Waals surface area contributed by atoms with Crippen molar-refractivity contribution in [3.63, 3.8) is 0 Å². The molecule has 4 rings (SSSR count). The lowest BCUT2D eigenvalue weighted by Gasteiger charge is -2.00. The average Bonchev–Trinajstić information content (AvgIpc) is 3.19. The van der Waals surface area contributed by atoms with E-state index in [1.165, 1.54) is 0 Å². The molecule has 2 heterocycles. The van der Waals surface area contributed by atoms with E-state index in [1.54, 1.807) is 23.9 Å². The Morgan fingerprint density at radius 2 is 0.962 bits per heavy atom. The van der Waals surface area contributed by atoms with Gasteiger partial charge in [-0.3, -0.25) is 9.59 Å². The Hall–Kier alpha value is -3.14. The van der Waals surface area contributed by atoms with Gasteiger partial charge in [0.05, 0.1) is 12.8 Å². The first-order valence-electron chi connectivity index (χ1n) is 8.58. The van der Waals surface area contributed by atoms with Gasteiger partial charge in [0.2, 0.25) is 11.8 Å². The van der Waals surface area contributed by atoms with Crippen molar-refractivity contribution in [1.29, 1.82) is 0 Å². The molecule has 0 aromatic heterocycles. The van der Waals surface area contributed by atoms with Gasteiger partial charge in [-0.25, -0.2) is 0 Å². The number of amides is 2. The van der Waals surface area contributed by atoms with Crippen LogP contribution in [-0.4, -0.2) is 35.7 Å². The zero-order valence-electron chi connectivity index (χ0n) is 15.1. The summed E-state index contributed by atoms with van der Waals surface area (Å²) in [6.07, 6.45) is 4.86. The minimum Gasteiger partial charge on any atom is -0.322 e. The highest BCUT2D eigenvalue weighted by Gasteiger charge is 2.19. The Balaban J connectivity index is 0.000000151. The summed E-state index contributed by atoms with van der Waals surface area (Å²) in [5.41, 5.74) is 4.49. The van der Waals surface area contributed by atoms with Crippen molar-refractivity contribution < 1.29 is 9.59 Å². The molecule has 0 saturated carbocycles. The van der Waals surface area contributed by atoms with Gasteiger partial charge >= 0.3 is 0 Å². The van der Waals surface area contributed by atoms with E-state index in [4.69, 9.17) is 0 Å². The maximum absolute atomic E-state index is 11.2. The van der Waals surface area contributed by atoms with Crippen LogP contribution in [-0.2, 0) is 9.59 Å². The van der Waals surface area contributed by atoms with Crippen molar-refractivity contribution in [3.8, 4) is 0 Å². The zero-order chi connectivity index (χ0) is 18.5. The Labute approximate surface area is 154 Å². The Morgan fingerprint density at radius 3 is 1.23 bits per heavy atom. The molecule has 4 nitrogen and oxygen atoms in total. The minimum absolute atomic E-state index is 0.166. The van der Waals surface area contributed by atoms with Crippen LogP contribution in [0.3, 0.4) is 0 Å². The Kier molecular flexibility index (Phi) is 5.32. The third kappa shape index (κ3) is 4.09. The molecule has 0 radical (unpaired) electrons. The van der Waals surface area contributed by atoms with E-state index in [2.05, 4.69) is 0 Å². The van der Waals surface area contributed by atoms with Crippen molar-refractivity contribution >= 4 is 23.0 Å².